The van der Waals surface area contributed by atoms with Crippen molar-refractivity contribution >= 4 is 34.8 Å². The van der Waals surface area contributed by atoms with Crippen LogP contribution >= 0.6 is 23.2 Å². The molecule has 1 N–H and O–H groups in total. The molecule has 0 aliphatic rings. The molecule has 3 aromatic rings. The van der Waals surface area contributed by atoms with Gasteiger partial charge in [-0.15, -0.1) is 5.10 Å². The molecule has 0 aliphatic carbocycles. The number of carbonyl (C=O) groups excluding carboxylic acids is 1. The summed E-state index contributed by atoms with van der Waals surface area (Å²) in [4.78, 5) is 12.4. The van der Waals surface area contributed by atoms with E-state index in [0.717, 1.165) is 11.3 Å². The van der Waals surface area contributed by atoms with Crippen molar-refractivity contribution in [1.29, 1.82) is 0 Å². The summed E-state index contributed by atoms with van der Waals surface area (Å²) in [6.45, 7) is 3.56. The fourth-order valence-electron chi connectivity index (χ4n) is 2.26. The van der Waals surface area contributed by atoms with Gasteiger partial charge < -0.3 is 10.1 Å². The van der Waals surface area contributed by atoms with Crippen molar-refractivity contribution in [2.45, 2.75) is 20.0 Å². The van der Waals surface area contributed by atoms with Gasteiger partial charge in [0.15, 0.2) is 6.10 Å². The van der Waals surface area contributed by atoms with E-state index in [9.17, 15) is 4.79 Å². The van der Waals surface area contributed by atoms with Crippen LogP contribution < -0.4 is 10.1 Å². The number of hydrogen-bond acceptors (Lipinski definition) is 5. The van der Waals surface area contributed by atoms with Crippen LogP contribution in [0.5, 0.6) is 5.75 Å². The summed E-state index contributed by atoms with van der Waals surface area (Å²) in [5, 5.41) is 14.8. The summed E-state index contributed by atoms with van der Waals surface area (Å²) >= 11 is 11.9. The number of ether oxygens (including phenoxy) is 1. The quantitative estimate of drug-likeness (QED) is 0.716. The number of amides is 1. The maximum Gasteiger partial charge on any atom is 0.265 e. The number of nitrogens with one attached hydrogen (secondary N) is 1. The molecule has 0 spiro atoms. The largest absolute Gasteiger partial charge is 0.479 e. The summed E-state index contributed by atoms with van der Waals surface area (Å²) in [6, 6.07) is 10.3. The van der Waals surface area contributed by atoms with Gasteiger partial charge in [0.2, 0.25) is 0 Å². The summed E-state index contributed by atoms with van der Waals surface area (Å²) in [5.41, 5.74) is 2.33. The second-order valence-electron chi connectivity index (χ2n) is 5.58. The molecule has 1 heterocycles. The highest BCUT2D eigenvalue weighted by Gasteiger charge is 2.17. The van der Waals surface area contributed by atoms with Crippen molar-refractivity contribution in [3.63, 3.8) is 0 Å². The van der Waals surface area contributed by atoms with E-state index in [0.29, 0.717) is 21.5 Å². The van der Waals surface area contributed by atoms with Gasteiger partial charge in [-0.25, -0.2) is 4.68 Å². The molecule has 134 valence electrons. The third-order valence-corrected chi connectivity index (χ3v) is 4.17. The number of aromatic nitrogens is 4. The average Bonchev–Trinajstić information content (AvgIpc) is 3.13. The van der Waals surface area contributed by atoms with Crippen LogP contribution in [0.2, 0.25) is 10.0 Å². The van der Waals surface area contributed by atoms with Crippen molar-refractivity contribution in [3.05, 3.63) is 58.3 Å². The fraction of sp³-hybridized carbons (Fsp3) is 0.176. The average molecular weight is 392 g/mol. The lowest BCUT2D eigenvalue weighted by atomic mass is 10.1. The molecule has 0 radical (unpaired) electrons. The fourth-order valence-corrected chi connectivity index (χ4v) is 2.72. The Morgan fingerprint density at radius 3 is 2.73 bits per heavy atom. The van der Waals surface area contributed by atoms with E-state index in [1.165, 1.54) is 11.0 Å². The van der Waals surface area contributed by atoms with Crippen molar-refractivity contribution in [2.24, 2.45) is 0 Å². The number of carbonyl (C=O) groups is 1. The highest BCUT2D eigenvalue weighted by atomic mass is 35.5. The van der Waals surface area contributed by atoms with Crippen LogP contribution in [0, 0.1) is 6.92 Å². The lowest BCUT2D eigenvalue weighted by Crippen LogP contribution is -2.30. The normalized spacial score (nSPS) is 11.8. The second kappa shape index (κ2) is 7.72. The van der Waals surface area contributed by atoms with Gasteiger partial charge in [0, 0.05) is 10.7 Å². The topological polar surface area (TPSA) is 81.9 Å². The molecule has 26 heavy (non-hydrogen) atoms. The van der Waals surface area contributed by atoms with Gasteiger partial charge in [-0.3, -0.25) is 4.79 Å². The van der Waals surface area contributed by atoms with Crippen LogP contribution in [0.3, 0.4) is 0 Å². The first-order chi connectivity index (χ1) is 12.4. The van der Waals surface area contributed by atoms with E-state index in [4.69, 9.17) is 27.9 Å². The van der Waals surface area contributed by atoms with Gasteiger partial charge in [-0.1, -0.05) is 29.3 Å². The Morgan fingerprint density at radius 1 is 1.23 bits per heavy atom. The Bertz CT molecular complexity index is 931. The minimum atomic E-state index is -0.758. The Hall–Kier alpha value is -2.64. The molecular formula is C17H15Cl2N5O2. The molecule has 0 bridgehead atoms. The van der Waals surface area contributed by atoms with Crippen LogP contribution in [0.15, 0.2) is 42.7 Å². The molecule has 0 saturated carbocycles. The van der Waals surface area contributed by atoms with Gasteiger partial charge in [0.1, 0.15) is 12.1 Å². The Kier molecular flexibility index (Phi) is 5.39. The van der Waals surface area contributed by atoms with Gasteiger partial charge in [-0.2, -0.15) is 0 Å². The number of rotatable bonds is 5. The van der Waals surface area contributed by atoms with Gasteiger partial charge in [0.25, 0.3) is 5.91 Å². The number of anilines is 1. The first-order valence-corrected chi connectivity index (χ1v) is 8.46. The standard InChI is InChI=1S/C17H15Cl2N5O2/c1-10-3-5-13(8-15(10)24-9-20-22-23-24)21-17(25)11(2)26-16-6-4-12(18)7-14(16)19/h3-9,11H,1-2H3,(H,21,25)/t11-/m0/s1. The molecule has 1 aromatic heterocycles. The second-order valence-corrected chi connectivity index (χ2v) is 6.42. The number of benzene rings is 2. The smallest absolute Gasteiger partial charge is 0.265 e. The van der Waals surface area contributed by atoms with Crippen molar-refractivity contribution < 1.29 is 9.53 Å². The van der Waals surface area contributed by atoms with Gasteiger partial charge >= 0.3 is 0 Å². The molecule has 0 aliphatic heterocycles. The number of nitrogens with zero attached hydrogens (tertiary/aromatic N) is 4. The lowest BCUT2D eigenvalue weighted by Gasteiger charge is -2.16. The first kappa shape index (κ1) is 18.2. The zero-order chi connectivity index (χ0) is 18.7. The summed E-state index contributed by atoms with van der Waals surface area (Å²) in [6.07, 6.45) is 0.730. The summed E-state index contributed by atoms with van der Waals surface area (Å²) < 4.78 is 7.15. The van der Waals surface area contributed by atoms with Crippen molar-refractivity contribution in [2.75, 3.05) is 5.32 Å². The molecular weight excluding hydrogens is 377 g/mol. The third kappa shape index (κ3) is 4.12. The summed E-state index contributed by atoms with van der Waals surface area (Å²) in [7, 11) is 0. The predicted molar refractivity (Wildman–Crippen MR) is 99.1 cm³/mol. The molecule has 0 unspecified atom stereocenters. The Labute approximate surface area is 159 Å². The molecule has 1 amide bonds. The minimum absolute atomic E-state index is 0.317. The molecule has 2 aromatic carbocycles. The molecule has 0 fully saturated rings. The van der Waals surface area contributed by atoms with Crippen LogP contribution in [-0.4, -0.2) is 32.2 Å². The minimum Gasteiger partial charge on any atom is -0.479 e. The Morgan fingerprint density at radius 2 is 2.04 bits per heavy atom. The van der Waals surface area contributed by atoms with Crippen LogP contribution in [0.4, 0.5) is 5.69 Å². The van der Waals surface area contributed by atoms with E-state index in [1.807, 2.05) is 13.0 Å². The van der Waals surface area contributed by atoms with Crippen LogP contribution in [-0.2, 0) is 4.79 Å². The van der Waals surface area contributed by atoms with Crippen LogP contribution in [0.25, 0.3) is 5.69 Å². The Balaban J connectivity index is 1.72. The van der Waals surface area contributed by atoms with Gasteiger partial charge in [-0.05, 0) is 60.2 Å². The van der Waals surface area contributed by atoms with E-state index >= 15 is 0 Å². The maximum atomic E-state index is 12.4. The molecule has 0 saturated heterocycles. The maximum absolute atomic E-state index is 12.4. The van der Waals surface area contributed by atoms with Crippen molar-refractivity contribution in [3.8, 4) is 11.4 Å². The molecule has 3 rings (SSSR count). The number of aryl methyl sites for hydroxylation is 1. The highest BCUT2D eigenvalue weighted by Crippen LogP contribution is 2.28. The zero-order valence-electron chi connectivity index (χ0n) is 14.0. The monoisotopic (exact) mass is 391 g/mol. The lowest BCUT2D eigenvalue weighted by molar-refractivity contribution is -0.122. The zero-order valence-corrected chi connectivity index (χ0v) is 15.5. The van der Waals surface area contributed by atoms with Crippen LogP contribution in [0.1, 0.15) is 12.5 Å². The molecule has 1 atom stereocenters. The molecule has 9 heteroatoms. The predicted octanol–water partition coefficient (Wildman–Crippen LogP) is 3.68. The highest BCUT2D eigenvalue weighted by molar-refractivity contribution is 6.35. The summed E-state index contributed by atoms with van der Waals surface area (Å²) in [5.74, 6) is 0.0690. The van der Waals surface area contributed by atoms with E-state index in [2.05, 4.69) is 20.8 Å². The van der Waals surface area contributed by atoms with E-state index in [-0.39, 0.29) is 5.91 Å². The number of tetrazole rings is 1. The van der Waals surface area contributed by atoms with Gasteiger partial charge in [0.05, 0.1) is 10.7 Å². The molecule has 7 nitrogen and oxygen atoms in total. The number of halogens is 2. The number of hydrogen-bond donors (Lipinski definition) is 1. The van der Waals surface area contributed by atoms with E-state index < -0.39 is 6.10 Å². The van der Waals surface area contributed by atoms with E-state index in [1.54, 1.807) is 37.3 Å². The SMILES string of the molecule is Cc1ccc(NC(=O)[C@H](C)Oc2ccc(Cl)cc2Cl)cc1-n1cnnn1. The third-order valence-electron chi connectivity index (χ3n) is 3.64. The van der Waals surface area contributed by atoms with Crippen molar-refractivity contribution in [1.82, 2.24) is 20.2 Å². The first-order valence-electron chi connectivity index (χ1n) is 7.70.